The van der Waals surface area contributed by atoms with Crippen molar-refractivity contribution in [3.8, 4) is 0 Å². The summed E-state index contributed by atoms with van der Waals surface area (Å²) in [6, 6.07) is 13.0. The predicted octanol–water partition coefficient (Wildman–Crippen LogP) is 4.92. The molecule has 5 amide bonds. The highest BCUT2D eigenvalue weighted by Gasteiger charge is 2.27. The number of nitrogens with one attached hydrogen (secondary N) is 4. The lowest BCUT2D eigenvalue weighted by Gasteiger charge is -2.31. The average Bonchev–Trinajstić information content (AvgIpc) is 3.54. The molecule has 12 nitrogen and oxygen atoms in total. The SMILES string of the molecule is CCN(CCN(C)c1ccc(NC(=O)NC(CC2CCCCC2)C(N)=O)cc1NC(=O)c1cc2ccccc2o1)C(=O)C1CCNCC1. The molecular formula is C36H49N7O5. The highest BCUT2D eigenvalue weighted by molar-refractivity contribution is 6.07. The molecule has 1 atom stereocenters. The zero-order valence-electron chi connectivity index (χ0n) is 28.1. The minimum absolute atomic E-state index is 0.0310. The van der Waals surface area contributed by atoms with Crippen LogP contribution in [0.25, 0.3) is 11.0 Å². The maximum Gasteiger partial charge on any atom is 0.319 e. The van der Waals surface area contributed by atoms with Crippen LogP contribution in [0, 0.1) is 11.8 Å². The number of carbonyl (C=O) groups is 4. The monoisotopic (exact) mass is 659 g/mol. The molecule has 0 bridgehead atoms. The van der Waals surface area contributed by atoms with Gasteiger partial charge in [-0.05, 0) is 75.5 Å². The number of furan rings is 1. The zero-order chi connectivity index (χ0) is 34.0. The summed E-state index contributed by atoms with van der Waals surface area (Å²) in [7, 11) is 1.90. The Morgan fingerprint density at radius 1 is 0.958 bits per heavy atom. The number of urea groups is 1. The first kappa shape index (κ1) is 34.7. The molecule has 2 aromatic carbocycles. The summed E-state index contributed by atoms with van der Waals surface area (Å²) in [5.74, 6) is -0.299. The van der Waals surface area contributed by atoms with E-state index in [1.165, 1.54) is 6.42 Å². The third kappa shape index (κ3) is 9.06. The molecule has 12 heteroatoms. The van der Waals surface area contributed by atoms with Crippen LogP contribution in [0.3, 0.4) is 0 Å². The number of nitrogens with zero attached hydrogens (tertiary/aromatic N) is 2. The molecule has 1 aliphatic heterocycles. The third-order valence-corrected chi connectivity index (χ3v) is 9.59. The summed E-state index contributed by atoms with van der Waals surface area (Å²) in [5.41, 5.74) is 7.82. The van der Waals surface area contributed by atoms with Crippen LogP contribution in [-0.4, -0.2) is 74.5 Å². The summed E-state index contributed by atoms with van der Waals surface area (Å²) < 4.78 is 5.81. The maximum atomic E-state index is 13.4. The molecule has 6 N–H and O–H groups in total. The quantitative estimate of drug-likeness (QED) is 0.174. The number of fused-ring (bicyclic) bond motifs is 1. The van der Waals surface area contributed by atoms with Gasteiger partial charge in [0.05, 0.1) is 11.4 Å². The van der Waals surface area contributed by atoms with Gasteiger partial charge in [0.25, 0.3) is 5.91 Å². The first-order valence-electron chi connectivity index (χ1n) is 17.2. The Balaban J connectivity index is 1.31. The average molecular weight is 660 g/mol. The van der Waals surface area contributed by atoms with Crippen LogP contribution < -0.4 is 31.9 Å². The number of hydrogen-bond acceptors (Lipinski definition) is 7. The van der Waals surface area contributed by atoms with E-state index < -0.39 is 23.9 Å². The van der Waals surface area contributed by atoms with Gasteiger partial charge in [-0.2, -0.15) is 0 Å². The number of likely N-dealkylation sites (N-methyl/N-ethyl adjacent to an activating group) is 2. The molecule has 1 saturated carbocycles. The number of piperidine rings is 1. The molecule has 3 aromatic rings. The molecule has 0 radical (unpaired) electrons. The molecule has 0 spiro atoms. The van der Waals surface area contributed by atoms with Crippen molar-refractivity contribution in [3.05, 3.63) is 54.3 Å². The van der Waals surface area contributed by atoms with Crippen LogP contribution in [-0.2, 0) is 9.59 Å². The summed E-state index contributed by atoms with van der Waals surface area (Å²) in [5, 5.41) is 12.6. The second kappa shape index (κ2) is 16.5. The minimum atomic E-state index is -0.778. The Bertz CT molecular complexity index is 1540. The van der Waals surface area contributed by atoms with E-state index in [4.69, 9.17) is 10.2 Å². The van der Waals surface area contributed by atoms with Crippen LogP contribution in [0.4, 0.5) is 21.9 Å². The molecule has 1 saturated heterocycles. The number of para-hydroxylation sites is 1. The van der Waals surface area contributed by atoms with Gasteiger partial charge in [-0.3, -0.25) is 14.4 Å². The zero-order valence-corrected chi connectivity index (χ0v) is 28.1. The molecule has 5 rings (SSSR count). The Kier molecular flexibility index (Phi) is 11.9. The Labute approximate surface area is 282 Å². The lowest BCUT2D eigenvalue weighted by atomic mass is 9.84. The van der Waals surface area contributed by atoms with E-state index in [9.17, 15) is 19.2 Å². The smallest absolute Gasteiger partial charge is 0.319 e. The molecule has 1 aliphatic carbocycles. The van der Waals surface area contributed by atoms with Gasteiger partial charge < -0.3 is 41.2 Å². The number of anilines is 3. The lowest BCUT2D eigenvalue weighted by molar-refractivity contribution is -0.136. The van der Waals surface area contributed by atoms with Gasteiger partial charge in [-0.15, -0.1) is 0 Å². The normalized spacial score (nSPS) is 16.2. The largest absolute Gasteiger partial charge is 0.451 e. The fourth-order valence-electron chi connectivity index (χ4n) is 6.79. The molecule has 1 aromatic heterocycles. The van der Waals surface area contributed by atoms with E-state index in [-0.39, 0.29) is 17.6 Å². The number of rotatable bonds is 13. The van der Waals surface area contributed by atoms with E-state index in [2.05, 4.69) is 21.3 Å². The second-order valence-electron chi connectivity index (χ2n) is 13.0. The Hall–Kier alpha value is -4.58. The van der Waals surface area contributed by atoms with Gasteiger partial charge in [0.2, 0.25) is 11.8 Å². The first-order chi connectivity index (χ1) is 23.2. The highest BCUT2D eigenvalue weighted by Crippen LogP contribution is 2.31. The summed E-state index contributed by atoms with van der Waals surface area (Å²) in [6.45, 7) is 5.34. The molecule has 48 heavy (non-hydrogen) atoms. The van der Waals surface area contributed by atoms with Gasteiger partial charge in [0.15, 0.2) is 5.76 Å². The fourth-order valence-corrected chi connectivity index (χ4v) is 6.79. The van der Waals surface area contributed by atoms with Gasteiger partial charge in [0, 0.05) is 43.7 Å². The minimum Gasteiger partial charge on any atom is -0.451 e. The standard InChI is InChI=1S/C36H49N7O5/c1-3-43(35(46)25-15-17-38-18-16-25)20-19-42(2)30-14-13-27(39-36(47)41-29(33(37)44)21-24-9-5-4-6-10-24)23-28(30)40-34(45)32-22-26-11-7-8-12-31(26)48-32/h7-8,11-14,22-25,29,38H,3-6,9-10,15-21H2,1-2H3,(H2,37,44)(H,40,45)(H2,39,41,47). The predicted molar refractivity (Wildman–Crippen MR) is 188 cm³/mol. The molecule has 2 heterocycles. The number of primary amides is 1. The summed E-state index contributed by atoms with van der Waals surface area (Å²) in [6.07, 6.45) is 7.68. The molecular weight excluding hydrogens is 610 g/mol. The number of nitrogens with two attached hydrogens (primary N) is 1. The number of amides is 5. The second-order valence-corrected chi connectivity index (χ2v) is 13.0. The van der Waals surface area contributed by atoms with Crippen molar-refractivity contribution in [1.82, 2.24) is 15.5 Å². The van der Waals surface area contributed by atoms with Crippen molar-refractivity contribution in [2.45, 2.75) is 64.3 Å². The lowest BCUT2D eigenvalue weighted by Crippen LogP contribution is -2.47. The molecule has 258 valence electrons. The van der Waals surface area contributed by atoms with Crippen molar-refractivity contribution in [1.29, 1.82) is 0 Å². The third-order valence-electron chi connectivity index (χ3n) is 9.59. The number of hydrogen-bond donors (Lipinski definition) is 5. The van der Waals surface area contributed by atoms with Crippen LogP contribution >= 0.6 is 0 Å². The van der Waals surface area contributed by atoms with Crippen LogP contribution in [0.2, 0.25) is 0 Å². The number of benzene rings is 2. The van der Waals surface area contributed by atoms with Crippen molar-refractivity contribution in [2.75, 3.05) is 55.3 Å². The van der Waals surface area contributed by atoms with Crippen molar-refractivity contribution >= 4 is 51.8 Å². The molecule has 2 aliphatic rings. The summed E-state index contributed by atoms with van der Waals surface area (Å²) >= 11 is 0. The van der Waals surface area contributed by atoms with Crippen LogP contribution in [0.5, 0.6) is 0 Å². The summed E-state index contributed by atoms with van der Waals surface area (Å²) in [4.78, 5) is 55.8. The maximum absolute atomic E-state index is 13.4. The topological polar surface area (TPSA) is 162 Å². The van der Waals surface area contributed by atoms with E-state index >= 15 is 0 Å². The van der Waals surface area contributed by atoms with Crippen molar-refractivity contribution in [3.63, 3.8) is 0 Å². The molecule has 1 unspecified atom stereocenters. The Morgan fingerprint density at radius 3 is 2.42 bits per heavy atom. The van der Waals surface area contributed by atoms with E-state index in [0.29, 0.717) is 54.6 Å². The van der Waals surface area contributed by atoms with Gasteiger partial charge in [-0.1, -0.05) is 50.3 Å². The van der Waals surface area contributed by atoms with Crippen LogP contribution in [0.1, 0.15) is 68.8 Å². The van der Waals surface area contributed by atoms with E-state index in [1.807, 2.05) is 48.0 Å². The highest BCUT2D eigenvalue weighted by atomic mass is 16.3. The van der Waals surface area contributed by atoms with E-state index in [1.54, 1.807) is 24.3 Å². The first-order valence-corrected chi connectivity index (χ1v) is 17.2. The Morgan fingerprint density at radius 2 is 1.71 bits per heavy atom. The fraction of sp³-hybridized carbons (Fsp3) is 0.500. The van der Waals surface area contributed by atoms with Crippen molar-refractivity contribution < 1.29 is 23.6 Å². The van der Waals surface area contributed by atoms with Gasteiger partial charge >= 0.3 is 6.03 Å². The van der Waals surface area contributed by atoms with Gasteiger partial charge in [-0.25, -0.2) is 4.79 Å². The van der Waals surface area contributed by atoms with Crippen molar-refractivity contribution in [2.24, 2.45) is 17.6 Å². The van der Waals surface area contributed by atoms with Crippen LogP contribution in [0.15, 0.2) is 52.9 Å². The molecule has 2 fully saturated rings. The van der Waals surface area contributed by atoms with Gasteiger partial charge in [0.1, 0.15) is 11.6 Å². The number of carbonyl (C=O) groups excluding carboxylic acids is 4. The van der Waals surface area contributed by atoms with E-state index in [0.717, 1.165) is 57.0 Å².